The van der Waals surface area contributed by atoms with E-state index in [4.69, 9.17) is 9.47 Å². The van der Waals surface area contributed by atoms with Crippen LogP contribution in [0, 0.1) is 0 Å². The monoisotopic (exact) mass is 340 g/mol. The summed E-state index contributed by atoms with van der Waals surface area (Å²) in [5.41, 5.74) is 4.21. The maximum absolute atomic E-state index is 5.72. The standard InChI is InChI=1S/C13H17BrN4O2/c1-9(2)20-13-5-11(14)10(4-12(13)19-3)6-17-18-7-15-16-8-18/h4-5,7-9,17H,6H2,1-3H3. The molecule has 0 aliphatic rings. The van der Waals surface area contributed by atoms with Gasteiger partial charge in [0.15, 0.2) is 11.5 Å². The normalized spacial score (nSPS) is 10.7. The topological polar surface area (TPSA) is 61.2 Å². The van der Waals surface area contributed by atoms with Crippen LogP contribution in [0.1, 0.15) is 19.4 Å². The van der Waals surface area contributed by atoms with Crippen LogP contribution in [0.25, 0.3) is 0 Å². The van der Waals surface area contributed by atoms with E-state index in [0.29, 0.717) is 12.3 Å². The molecule has 0 bridgehead atoms. The minimum atomic E-state index is 0.0943. The van der Waals surface area contributed by atoms with E-state index in [-0.39, 0.29) is 6.10 Å². The molecular weight excluding hydrogens is 324 g/mol. The average molecular weight is 341 g/mol. The van der Waals surface area contributed by atoms with E-state index in [9.17, 15) is 0 Å². The molecule has 0 amide bonds. The highest BCUT2D eigenvalue weighted by molar-refractivity contribution is 9.10. The molecule has 6 nitrogen and oxygen atoms in total. The van der Waals surface area contributed by atoms with Gasteiger partial charge in [-0.15, -0.1) is 10.2 Å². The Morgan fingerprint density at radius 3 is 2.55 bits per heavy atom. The van der Waals surface area contributed by atoms with Crippen LogP contribution in [0.4, 0.5) is 0 Å². The van der Waals surface area contributed by atoms with Crippen LogP contribution >= 0.6 is 15.9 Å². The van der Waals surface area contributed by atoms with Gasteiger partial charge in [-0.3, -0.25) is 0 Å². The molecule has 0 spiro atoms. The van der Waals surface area contributed by atoms with Gasteiger partial charge >= 0.3 is 0 Å². The second-order valence-electron chi connectivity index (χ2n) is 4.47. The number of methoxy groups -OCH3 is 1. The number of nitrogens with zero attached hydrogens (tertiary/aromatic N) is 3. The van der Waals surface area contributed by atoms with Crippen LogP contribution in [0.15, 0.2) is 29.3 Å². The zero-order valence-electron chi connectivity index (χ0n) is 11.6. The molecule has 0 unspecified atom stereocenters. The van der Waals surface area contributed by atoms with Crippen LogP contribution in [0.3, 0.4) is 0 Å². The Bertz CT molecular complexity index is 558. The van der Waals surface area contributed by atoms with Gasteiger partial charge in [-0.2, -0.15) is 0 Å². The van der Waals surface area contributed by atoms with Crippen molar-refractivity contribution in [1.29, 1.82) is 0 Å². The van der Waals surface area contributed by atoms with Crippen molar-refractivity contribution < 1.29 is 9.47 Å². The van der Waals surface area contributed by atoms with Crippen molar-refractivity contribution in [1.82, 2.24) is 14.9 Å². The molecule has 20 heavy (non-hydrogen) atoms. The van der Waals surface area contributed by atoms with Crippen molar-refractivity contribution in [3.05, 3.63) is 34.8 Å². The van der Waals surface area contributed by atoms with Gasteiger partial charge in [-0.05, 0) is 31.5 Å². The molecule has 2 rings (SSSR count). The molecule has 2 aromatic rings. The van der Waals surface area contributed by atoms with Gasteiger partial charge < -0.3 is 14.9 Å². The Labute approximate surface area is 126 Å². The molecule has 0 aliphatic heterocycles. The lowest BCUT2D eigenvalue weighted by Crippen LogP contribution is -2.13. The molecule has 1 heterocycles. The largest absolute Gasteiger partial charge is 0.493 e. The molecule has 0 radical (unpaired) electrons. The summed E-state index contributed by atoms with van der Waals surface area (Å²) >= 11 is 3.55. The van der Waals surface area contributed by atoms with Gasteiger partial charge in [0.25, 0.3) is 0 Å². The zero-order chi connectivity index (χ0) is 14.5. The Morgan fingerprint density at radius 2 is 1.95 bits per heavy atom. The molecule has 0 aliphatic carbocycles. The smallest absolute Gasteiger partial charge is 0.162 e. The van der Waals surface area contributed by atoms with Crippen molar-refractivity contribution in [2.24, 2.45) is 0 Å². The van der Waals surface area contributed by atoms with E-state index in [1.165, 1.54) is 0 Å². The number of rotatable bonds is 6. The summed E-state index contributed by atoms with van der Waals surface area (Å²) in [4.78, 5) is 0. The van der Waals surface area contributed by atoms with Crippen molar-refractivity contribution in [2.45, 2.75) is 26.5 Å². The van der Waals surface area contributed by atoms with Gasteiger partial charge in [0.1, 0.15) is 12.7 Å². The van der Waals surface area contributed by atoms with Gasteiger partial charge in [-0.1, -0.05) is 15.9 Å². The molecular formula is C13H17BrN4O2. The van der Waals surface area contributed by atoms with Crippen molar-refractivity contribution in [2.75, 3.05) is 12.5 Å². The number of ether oxygens (including phenoxy) is 2. The zero-order valence-corrected chi connectivity index (χ0v) is 13.2. The minimum Gasteiger partial charge on any atom is -0.493 e. The van der Waals surface area contributed by atoms with E-state index in [1.54, 1.807) is 24.4 Å². The van der Waals surface area contributed by atoms with Crippen molar-refractivity contribution in [3.8, 4) is 11.5 Å². The first-order chi connectivity index (χ1) is 9.60. The highest BCUT2D eigenvalue weighted by Crippen LogP contribution is 2.34. The van der Waals surface area contributed by atoms with Crippen LogP contribution in [-0.2, 0) is 6.54 Å². The third-order valence-electron chi connectivity index (χ3n) is 2.57. The summed E-state index contributed by atoms with van der Waals surface area (Å²) in [5.74, 6) is 1.44. The number of nitrogens with one attached hydrogen (secondary N) is 1. The first kappa shape index (κ1) is 14.6. The number of hydrogen-bond donors (Lipinski definition) is 1. The number of aromatic nitrogens is 3. The number of halogens is 1. The first-order valence-corrected chi connectivity index (χ1v) is 7.01. The van der Waals surface area contributed by atoms with Crippen molar-refractivity contribution >= 4 is 15.9 Å². The Hall–Kier alpha value is -1.76. The van der Waals surface area contributed by atoms with Gasteiger partial charge in [-0.25, -0.2) is 4.68 Å². The molecule has 0 saturated heterocycles. The summed E-state index contributed by atoms with van der Waals surface area (Å²) in [6.07, 6.45) is 3.29. The molecule has 1 aromatic carbocycles. The Morgan fingerprint density at radius 1 is 1.25 bits per heavy atom. The highest BCUT2D eigenvalue weighted by Gasteiger charge is 2.11. The lowest BCUT2D eigenvalue weighted by molar-refractivity contribution is 0.230. The van der Waals surface area contributed by atoms with Crippen molar-refractivity contribution in [3.63, 3.8) is 0 Å². The van der Waals surface area contributed by atoms with E-state index in [0.717, 1.165) is 15.8 Å². The highest BCUT2D eigenvalue weighted by atomic mass is 79.9. The fraction of sp³-hybridized carbons (Fsp3) is 0.385. The van der Waals surface area contributed by atoms with Gasteiger partial charge in [0, 0.05) is 4.47 Å². The maximum atomic E-state index is 5.72. The maximum Gasteiger partial charge on any atom is 0.162 e. The second-order valence-corrected chi connectivity index (χ2v) is 5.32. The lowest BCUT2D eigenvalue weighted by Gasteiger charge is -2.16. The van der Waals surface area contributed by atoms with Crippen LogP contribution in [-0.4, -0.2) is 28.1 Å². The lowest BCUT2D eigenvalue weighted by atomic mass is 10.2. The predicted octanol–water partition coefficient (Wildman–Crippen LogP) is 2.58. The summed E-state index contributed by atoms with van der Waals surface area (Å²) in [6, 6.07) is 3.86. The number of hydrogen-bond acceptors (Lipinski definition) is 5. The minimum absolute atomic E-state index is 0.0943. The Balaban J connectivity index is 2.16. The fourth-order valence-electron chi connectivity index (χ4n) is 1.68. The molecule has 1 aromatic heterocycles. The van der Waals surface area contributed by atoms with E-state index < -0.39 is 0 Å². The average Bonchev–Trinajstić information content (AvgIpc) is 2.90. The summed E-state index contributed by atoms with van der Waals surface area (Å²) in [7, 11) is 1.63. The molecule has 0 fully saturated rings. The summed E-state index contributed by atoms with van der Waals surface area (Å²) < 4.78 is 13.7. The summed E-state index contributed by atoms with van der Waals surface area (Å²) in [5, 5.41) is 7.46. The van der Waals surface area contributed by atoms with Gasteiger partial charge in [0.05, 0.1) is 19.8 Å². The fourth-order valence-corrected chi connectivity index (χ4v) is 2.14. The van der Waals surface area contributed by atoms with Crippen LogP contribution in [0.2, 0.25) is 0 Å². The van der Waals surface area contributed by atoms with Crippen LogP contribution in [0.5, 0.6) is 11.5 Å². The molecule has 0 saturated carbocycles. The van der Waals surface area contributed by atoms with E-state index in [1.807, 2.05) is 26.0 Å². The third kappa shape index (κ3) is 3.63. The summed E-state index contributed by atoms with van der Waals surface area (Å²) in [6.45, 7) is 4.57. The van der Waals surface area contributed by atoms with Crippen LogP contribution < -0.4 is 14.9 Å². The number of benzene rings is 1. The quantitative estimate of drug-likeness (QED) is 0.875. The third-order valence-corrected chi connectivity index (χ3v) is 3.30. The Kier molecular flexibility index (Phi) is 4.84. The molecule has 0 atom stereocenters. The SMILES string of the molecule is COc1cc(CNn2cnnc2)c(Br)cc1OC(C)C. The first-order valence-electron chi connectivity index (χ1n) is 6.21. The molecule has 7 heteroatoms. The second kappa shape index (κ2) is 6.60. The van der Waals surface area contributed by atoms with Gasteiger partial charge in [0.2, 0.25) is 0 Å². The predicted molar refractivity (Wildman–Crippen MR) is 79.5 cm³/mol. The molecule has 1 N–H and O–H groups in total. The van der Waals surface area contributed by atoms with E-state index in [2.05, 4.69) is 31.6 Å². The molecule has 108 valence electrons. The van der Waals surface area contributed by atoms with E-state index >= 15 is 0 Å².